The minimum absolute atomic E-state index is 0.0120. The highest BCUT2D eigenvalue weighted by Crippen LogP contribution is 2.46. The van der Waals surface area contributed by atoms with E-state index < -0.39 is 35.5 Å². The second-order valence-electron chi connectivity index (χ2n) is 6.10. The van der Waals surface area contributed by atoms with Crippen LogP contribution in [0.2, 0.25) is 0 Å². The number of aliphatic hydroxyl groups is 1. The molecule has 8 nitrogen and oxygen atoms in total. The Bertz CT molecular complexity index is 749. The number of likely N-dealkylation sites (tertiary alicyclic amines) is 1. The van der Waals surface area contributed by atoms with Gasteiger partial charge in [-0.05, 0) is 31.5 Å². The predicted octanol–water partition coefficient (Wildman–Crippen LogP) is 1.08. The minimum Gasteiger partial charge on any atom is -0.464 e. The zero-order chi connectivity index (χ0) is 20.2. The van der Waals surface area contributed by atoms with Crippen LogP contribution in [-0.4, -0.2) is 52.8 Å². The quantitative estimate of drug-likeness (QED) is 0.605. The van der Waals surface area contributed by atoms with E-state index in [9.17, 15) is 19.5 Å². The van der Waals surface area contributed by atoms with Gasteiger partial charge in [-0.2, -0.15) is 5.26 Å². The first-order valence-corrected chi connectivity index (χ1v) is 8.66. The Kier molecular flexibility index (Phi) is 6.18. The molecule has 0 aromatic heterocycles. The van der Waals surface area contributed by atoms with E-state index >= 15 is 0 Å². The van der Waals surface area contributed by atoms with E-state index in [2.05, 4.69) is 0 Å². The van der Waals surface area contributed by atoms with Crippen LogP contribution in [0.4, 0.5) is 0 Å². The number of rotatable bonds is 5. The van der Waals surface area contributed by atoms with Gasteiger partial charge in [0.1, 0.15) is 6.23 Å². The van der Waals surface area contributed by atoms with Crippen LogP contribution in [0.5, 0.6) is 0 Å². The van der Waals surface area contributed by atoms with Gasteiger partial charge in [-0.15, -0.1) is 0 Å². The molecule has 0 unspecified atom stereocenters. The summed E-state index contributed by atoms with van der Waals surface area (Å²) in [6, 6.07) is 8.25. The predicted molar refractivity (Wildman–Crippen MR) is 93.0 cm³/mol. The average molecular weight is 374 g/mol. The molecular weight excluding hydrogens is 352 g/mol. The fourth-order valence-corrected chi connectivity index (χ4v) is 3.56. The van der Waals surface area contributed by atoms with Crippen LogP contribution in [0.25, 0.3) is 0 Å². The van der Waals surface area contributed by atoms with Crippen molar-refractivity contribution in [3.05, 3.63) is 35.4 Å². The number of benzene rings is 1. The van der Waals surface area contributed by atoms with E-state index in [1.54, 1.807) is 38.1 Å². The van der Waals surface area contributed by atoms with Crippen molar-refractivity contribution in [2.24, 2.45) is 0 Å². The van der Waals surface area contributed by atoms with Gasteiger partial charge in [0, 0.05) is 19.3 Å². The number of hydrogen-bond acceptors (Lipinski definition) is 7. The molecule has 1 heterocycles. The number of carbonyl (C=O) groups excluding carboxylic acids is 3. The van der Waals surface area contributed by atoms with Gasteiger partial charge >= 0.3 is 11.9 Å². The lowest BCUT2D eigenvalue weighted by Crippen LogP contribution is -2.63. The number of aliphatic hydroxyl groups excluding tert-OH is 1. The first-order chi connectivity index (χ1) is 12.8. The lowest BCUT2D eigenvalue weighted by molar-refractivity contribution is -0.182. The highest BCUT2D eigenvalue weighted by atomic mass is 16.6. The van der Waals surface area contributed by atoms with Gasteiger partial charge in [-0.1, -0.05) is 12.1 Å². The van der Waals surface area contributed by atoms with E-state index in [1.165, 1.54) is 0 Å². The van der Waals surface area contributed by atoms with Crippen LogP contribution < -0.4 is 0 Å². The SMILES string of the molecule is CCOC(=O)C1(C(=O)OCC)[C@H](c2ccc(C#N)cc2)C[C@@H](O)N1C(C)=O. The molecule has 144 valence electrons. The molecule has 0 spiro atoms. The molecule has 2 atom stereocenters. The zero-order valence-electron chi connectivity index (χ0n) is 15.5. The fraction of sp³-hybridized carbons (Fsp3) is 0.474. The van der Waals surface area contributed by atoms with E-state index in [1.807, 2.05) is 6.07 Å². The molecule has 1 amide bonds. The van der Waals surface area contributed by atoms with E-state index in [-0.39, 0.29) is 19.6 Å². The second-order valence-corrected chi connectivity index (χ2v) is 6.10. The third kappa shape index (κ3) is 3.38. The standard InChI is InChI=1S/C19H22N2O6/c1-4-26-17(24)19(18(25)27-5-2)15(10-16(23)21(19)12(3)22)14-8-6-13(11-20)7-9-14/h6-9,15-16,23H,4-5,10H2,1-3H3/t15-,16+/m0/s1. The van der Waals surface area contributed by atoms with Crippen molar-refractivity contribution >= 4 is 17.8 Å². The Labute approximate surface area is 157 Å². The van der Waals surface area contributed by atoms with Crippen LogP contribution in [0.3, 0.4) is 0 Å². The smallest absolute Gasteiger partial charge is 0.344 e. The first-order valence-electron chi connectivity index (χ1n) is 8.66. The van der Waals surface area contributed by atoms with Crippen molar-refractivity contribution in [1.82, 2.24) is 4.90 Å². The average Bonchev–Trinajstić information content (AvgIpc) is 2.96. The van der Waals surface area contributed by atoms with Gasteiger partial charge < -0.3 is 14.6 Å². The maximum atomic E-state index is 13.0. The highest BCUT2D eigenvalue weighted by molar-refractivity contribution is 6.09. The molecule has 1 saturated heterocycles. The summed E-state index contributed by atoms with van der Waals surface area (Å²) in [5.74, 6) is -3.45. The summed E-state index contributed by atoms with van der Waals surface area (Å²) < 4.78 is 10.2. The van der Waals surface area contributed by atoms with Gasteiger partial charge in [0.15, 0.2) is 0 Å². The van der Waals surface area contributed by atoms with Crippen molar-refractivity contribution in [1.29, 1.82) is 5.26 Å². The summed E-state index contributed by atoms with van der Waals surface area (Å²) in [6.45, 7) is 4.30. The molecule has 1 aromatic carbocycles. The summed E-state index contributed by atoms with van der Waals surface area (Å²) >= 11 is 0. The van der Waals surface area contributed by atoms with Crippen LogP contribution in [0, 0.1) is 11.3 Å². The van der Waals surface area contributed by atoms with Gasteiger partial charge in [0.05, 0.1) is 24.8 Å². The van der Waals surface area contributed by atoms with Crippen LogP contribution >= 0.6 is 0 Å². The van der Waals surface area contributed by atoms with Crippen molar-refractivity contribution < 1.29 is 29.0 Å². The summed E-state index contributed by atoms with van der Waals surface area (Å²) in [4.78, 5) is 39.1. The van der Waals surface area contributed by atoms with Crippen molar-refractivity contribution in [3.8, 4) is 6.07 Å². The van der Waals surface area contributed by atoms with E-state index in [0.717, 1.165) is 11.8 Å². The lowest BCUT2D eigenvalue weighted by atomic mass is 9.79. The topological polar surface area (TPSA) is 117 Å². The van der Waals surface area contributed by atoms with Crippen LogP contribution in [0.15, 0.2) is 24.3 Å². The summed E-state index contributed by atoms with van der Waals surface area (Å²) in [6.07, 6.45) is -1.42. The number of amides is 1. The third-order valence-corrected chi connectivity index (χ3v) is 4.58. The molecule has 1 aromatic rings. The largest absolute Gasteiger partial charge is 0.464 e. The third-order valence-electron chi connectivity index (χ3n) is 4.58. The Morgan fingerprint density at radius 3 is 2.11 bits per heavy atom. The van der Waals surface area contributed by atoms with Gasteiger partial charge in [0.25, 0.3) is 0 Å². The molecule has 1 fully saturated rings. The maximum absolute atomic E-state index is 13.0. The molecule has 0 saturated carbocycles. The van der Waals surface area contributed by atoms with Crippen molar-refractivity contribution in [3.63, 3.8) is 0 Å². The summed E-state index contributed by atoms with van der Waals surface area (Å²) in [5.41, 5.74) is -1.22. The molecule has 2 rings (SSSR count). The van der Waals surface area contributed by atoms with Crippen molar-refractivity contribution in [2.75, 3.05) is 13.2 Å². The Morgan fingerprint density at radius 2 is 1.70 bits per heavy atom. The number of esters is 2. The fourth-order valence-electron chi connectivity index (χ4n) is 3.56. The van der Waals surface area contributed by atoms with Gasteiger partial charge in [-0.25, -0.2) is 9.59 Å². The molecule has 0 radical (unpaired) electrons. The number of ether oxygens (including phenoxy) is 2. The Balaban J connectivity index is 2.70. The molecular formula is C19H22N2O6. The molecule has 8 heteroatoms. The highest BCUT2D eigenvalue weighted by Gasteiger charge is 2.66. The van der Waals surface area contributed by atoms with Crippen LogP contribution in [0.1, 0.15) is 44.2 Å². The normalized spacial score (nSPS) is 20.6. The zero-order valence-corrected chi connectivity index (χ0v) is 15.5. The van der Waals surface area contributed by atoms with Crippen molar-refractivity contribution in [2.45, 2.75) is 44.9 Å². The second kappa shape index (κ2) is 8.18. The molecule has 27 heavy (non-hydrogen) atoms. The number of hydrogen-bond donors (Lipinski definition) is 1. The maximum Gasteiger partial charge on any atom is 0.344 e. The summed E-state index contributed by atoms with van der Waals surface area (Å²) in [7, 11) is 0. The first kappa shape index (κ1) is 20.4. The van der Waals surface area contributed by atoms with Gasteiger partial charge in [0.2, 0.25) is 11.4 Å². The molecule has 0 aliphatic carbocycles. The number of nitriles is 1. The molecule has 1 aliphatic rings. The van der Waals surface area contributed by atoms with Crippen LogP contribution in [-0.2, 0) is 23.9 Å². The van der Waals surface area contributed by atoms with E-state index in [4.69, 9.17) is 14.7 Å². The summed E-state index contributed by atoms with van der Waals surface area (Å²) in [5, 5.41) is 19.5. The Morgan fingerprint density at radius 1 is 1.19 bits per heavy atom. The molecule has 0 bridgehead atoms. The monoisotopic (exact) mass is 374 g/mol. The molecule has 1 aliphatic heterocycles. The molecule has 1 N–H and O–H groups in total. The minimum atomic E-state index is -2.13. The Hall–Kier alpha value is -2.92. The lowest BCUT2D eigenvalue weighted by Gasteiger charge is -2.37. The number of nitrogens with zero attached hydrogens (tertiary/aromatic N) is 2. The van der Waals surface area contributed by atoms with Gasteiger partial charge in [-0.3, -0.25) is 9.69 Å². The number of carbonyl (C=O) groups is 3. The van der Waals surface area contributed by atoms with E-state index in [0.29, 0.717) is 11.1 Å².